The first-order valence-electron chi connectivity index (χ1n) is 10.9. The van der Waals surface area contributed by atoms with E-state index in [1.807, 2.05) is 22.9 Å². The fourth-order valence-electron chi connectivity index (χ4n) is 4.23. The summed E-state index contributed by atoms with van der Waals surface area (Å²) in [4.78, 5) is 14.5. The number of anilines is 1. The van der Waals surface area contributed by atoms with Gasteiger partial charge in [-0.1, -0.05) is 66.8 Å². The summed E-state index contributed by atoms with van der Waals surface area (Å²) in [7, 11) is 3.60. The van der Waals surface area contributed by atoms with Crippen LogP contribution >= 0.6 is 21.6 Å². The van der Waals surface area contributed by atoms with Gasteiger partial charge in [0.2, 0.25) is 5.91 Å². The average molecular weight is 422 g/mol. The number of rotatable bonds is 9. The van der Waals surface area contributed by atoms with Gasteiger partial charge >= 0.3 is 0 Å². The molecular formula is C23H35NO2S2. The van der Waals surface area contributed by atoms with Crippen molar-refractivity contribution in [2.45, 2.75) is 82.6 Å². The van der Waals surface area contributed by atoms with Gasteiger partial charge in [-0.3, -0.25) is 4.79 Å². The van der Waals surface area contributed by atoms with Crippen molar-refractivity contribution in [1.82, 2.24) is 0 Å². The number of amides is 1. The predicted octanol–water partition coefficient (Wildman–Crippen LogP) is 6.93. The van der Waals surface area contributed by atoms with Crippen LogP contribution in [0.4, 0.5) is 5.69 Å². The molecule has 0 bridgehead atoms. The van der Waals surface area contributed by atoms with Crippen molar-refractivity contribution in [2.24, 2.45) is 11.3 Å². The lowest BCUT2D eigenvalue weighted by Crippen LogP contribution is -2.38. The molecule has 2 fully saturated rings. The molecule has 1 aromatic rings. The van der Waals surface area contributed by atoms with E-state index in [-0.39, 0.29) is 11.3 Å². The molecule has 1 heterocycles. The van der Waals surface area contributed by atoms with Crippen LogP contribution in [-0.4, -0.2) is 24.4 Å². The van der Waals surface area contributed by atoms with E-state index in [1.54, 1.807) is 10.8 Å². The van der Waals surface area contributed by atoms with Gasteiger partial charge in [-0.05, 0) is 56.6 Å². The smallest absolute Gasteiger partial charge is 0.230 e. The van der Waals surface area contributed by atoms with Crippen LogP contribution in [0.1, 0.15) is 71.6 Å². The molecule has 1 N–H and O–H groups in total. The van der Waals surface area contributed by atoms with Gasteiger partial charge in [0.15, 0.2) is 0 Å². The molecule has 1 aromatic carbocycles. The van der Waals surface area contributed by atoms with Gasteiger partial charge in [-0.25, -0.2) is 0 Å². The van der Waals surface area contributed by atoms with E-state index < -0.39 is 0 Å². The third-order valence-corrected chi connectivity index (χ3v) is 8.52. The van der Waals surface area contributed by atoms with Gasteiger partial charge in [-0.15, -0.1) is 0 Å². The van der Waals surface area contributed by atoms with Crippen molar-refractivity contribution in [3.63, 3.8) is 0 Å². The standard InChI is InChI=1S/C23H35NO2S2/c1-18(2)12-15-23(13-6-3-7-14-23)22(25)24-20-10-4-5-11-21(20)28-27-17-19-9-8-16-26-19/h4-5,10-11,18-19H,3,6-9,12-17H2,1-2H3,(H,24,25). The van der Waals surface area contributed by atoms with Crippen LogP contribution in [0, 0.1) is 11.3 Å². The third-order valence-electron chi connectivity index (χ3n) is 6.05. The monoisotopic (exact) mass is 421 g/mol. The largest absolute Gasteiger partial charge is 0.377 e. The third kappa shape index (κ3) is 6.17. The van der Waals surface area contributed by atoms with Crippen LogP contribution < -0.4 is 5.32 Å². The SMILES string of the molecule is CC(C)CCC1(C(=O)Nc2ccccc2SSCC2CCCO2)CCCCC1. The minimum absolute atomic E-state index is 0.175. The molecule has 1 saturated heterocycles. The lowest BCUT2D eigenvalue weighted by molar-refractivity contribution is -0.128. The number of ether oxygens (including phenoxy) is 1. The molecule has 5 heteroatoms. The van der Waals surface area contributed by atoms with Gasteiger partial charge < -0.3 is 10.1 Å². The summed E-state index contributed by atoms with van der Waals surface area (Å²) < 4.78 is 5.72. The van der Waals surface area contributed by atoms with E-state index in [9.17, 15) is 4.79 Å². The molecule has 1 aliphatic carbocycles. The van der Waals surface area contributed by atoms with Crippen molar-refractivity contribution in [1.29, 1.82) is 0 Å². The van der Waals surface area contributed by atoms with Crippen LogP contribution in [0.5, 0.6) is 0 Å². The summed E-state index contributed by atoms with van der Waals surface area (Å²) in [5.41, 5.74) is 0.789. The van der Waals surface area contributed by atoms with Gasteiger partial charge in [0, 0.05) is 22.7 Å². The molecular weight excluding hydrogens is 386 g/mol. The highest BCUT2D eigenvalue weighted by molar-refractivity contribution is 8.76. The first-order valence-corrected chi connectivity index (χ1v) is 13.2. The quantitative estimate of drug-likeness (QED) is 0.439. The topological polar surface area (TPSA) is 38.3 Å². The Balaban J connectivity index is 1.62. The molecule has 1 aliphatic heterocycles. The Hall–Kier alpha value is -0.650. The Bertz CT molecular complexity index is 623. The highest BCUT2D eigenvalue weighted by atomic mass is 33.1. The average Bonchev–Trinajstić information content (AvgIpc) is 3.22. The predicted molar refractivity (Wildman–Crippen MR) is 122 cm³/mol. The van der Waals surface area contributed by atoms with Crippen molar-refractivity contribution < 1.29 is 9.53 Å². The maximum atomic E-state index is 13.4. The van der Waals surface area contributed by atoms with E-state index >= 15 is 0 Å². The lowest BCUT2D eigenvalue weighted by atomic mass is 9.69. The molecule has 3 rings (SSSR count). The second kappa shape index (κ2) is 10.9. The fraction of sp³-hybridized carbons (Fsp3) is 0.696. The molecule has 2 aliphatic rings. The number of benzene rings is 1. The molecule has 0 radical (unpaired) electrons. The molecule has 3 nitrogen and oxygen atoms in total. The Kier molecular flexibility index (Phi) is 8.61. The van der Waals surface area contributed by atoms with Gasteiger partial charge in [-0.2, -0.15) is 0 Å². The molecule has 0 aromatic heterocycles. The summed E-state index contributed by atoms with van der Waals surface area (Å²) in [5.74, 6) is 1.89. The number of carbonyl (C=O) groups is 1. The van der Waals surface area contributed by atoms with E-state index in [4.69, 9.17) is 4.74 Å². The fourth-order valence-corrected chi connectivity index (χ4v) is 6.66. The van der Waals surface area contributed by atoms with E-state index in [0.717, 1.165) is 48.6 Å². The minimum Gasteiger partial charge on any atom is -0.377 e. The molecule has 28 heavy (non-hydrogen) atoms. The number of carbonyl (C=O) groups excluding carboxylic acids is 1. The highest BCUT2D eigenvalue weighted by Gasteiger charge is 2.39. The zero-order valence-electron chi connectivity index (χ0n) is 17.4. The summed E-state index contributed by atoms with van der Waals surface area (Å²) in [6, 6.07) is 8.24. The van der Waals surface area contributed by atoms with Gasteiger partial charge in [0.05, 0.1) is 11.8 Å². The van der Waals surface area contributed by atoms with Gasteiger partial charge in [0.25, 0.3) is 0 Å². The van der Waals surface area contributed by atoms with E-state index in [0.29, 0.717) is 12.0 Å². The van der Waals surface area contributed by atoms with E-state index in [1.165, 1.54) is 32.1 Å². The van der Waals surface area contributed by atoms with Crippen LogP contribution in [0.25, 0.3) is 0 Å². The zero-order chi connectivity index (χ0) is 19.8. The Morgan fingerprint density at radius 3 is 2.71 bits per heavy atom. The Labute approximate surface area is 178 Å². The number of para-hydroxylation sites is 1. The lowest BCUT2D eigenvalue weighted by Gasteiger charge is -2.36. The number of nitrogens with one attached hydrogen (secondary N) is 1. The second-order valence-electron chi connectivity index (χ2n) is 8.73. The Morgan fingerprint density at radius 1 is 1.21 bits per heavy atom. The van der Waals surface area contributed by atoms with Crippen molar-refractivity contribution in [2.75, 3.05) is 17.7 Å². The molecule has 1 saturated carbocycles. The van der Waals surface area contributed by atoms with Crippen LogP contribution in [0.2, 0.25) is 0 Å². The maximum Gasteiger partial charge on any atom is 0.230 e. The van der Waals surface area contributed by atoms with E-state index in [2.05, 4.69) is 31.3 Å². The van der Waals surface area contributed by atoms with Crippen molar-refractivity contribution >= 4 is 33.2 Å². The maximum absolute atomic E-state index is 13.4. The highest BCUT2D eigenvalue weighted by Crippen LogP contribution is 2.43. The normalized spacial score (nSPS) is 21.8. The first kappa shape index (κ1) is 22.0. The summed E-state index contributed by atoms with van der Waals surface area (Å²) in [5, 5.41) is 3.32. The zero-order valence-corrected chi connectivity index (χ0v) is 19.0. The van der Waals surface area contributed by atoms with Crippen molar-refractivity contribution in [3.05, 3.63) is 24.3 Å². The van der Waals surface area contributed by atoms with Crippen molar-refractivity contribution in [3.8, 4) is 0 Å². The number of hydrogen-bond acceptors (Lipinski definition) is 4. The molecule has 1 atom stereocenters. The minimum atomic E-state index is -0.175. The van der Waals surface area contributed by atoms with Crippen LogP contribution in [-0.2, 0) is 9.53 Å². The van der Waals surface area contributed by atoms with Gasteiger partial charge in [0.1, 0.15) is 0 Å². The van der Waals surface area contributed by atoms with Crippen LogP contribution in [0.15, 0.2) is 29.2 Å². The molecule has 156 valence electrons. The molecule has 1 amide bonds. The summed E-state index contributed by atoms with van der Waals surface area (Å²) in [6.45, 7) is 5.41. The summed E-state index contributed by atoms with van der Waals surface area (Å²) >= 11 is 0. The second-order valence-corrected chi connectivity index (χ2v) is 11.1. The first-order chi connectivity index (χ1) is 13.6. The number of hydrogen-bond donors (Lipinski definition) is 1. The molecule has 0 spiro atoms. The Morgan fingerprint density at radius 2 is 2.00 bits per heavy atom. The molecule has 1 unspecified atom stereocenters. The van der Waals surface area contributed by atoms with Crippen LogP contribution in [0.3, 0.4) is 0 Å². The summed E-state index contributed by atoms with van der Waals surface area (Å²) in [6.07, 6.45) is 10.6.